The molecule has 1 fully saturated rings. The molecule has 106 valence electrons. The van der Waals surface area contributed by atoms with Gasteiger partial charge in [0.2, 0.25) is 8.32 Å². The van der Waals surface area contributed by atoms with Crippen LogP contribution in [0.4, 0.5) is 0 Å². The lowest BCUT2D eigenvalue weighted by Crippen LogP contribution is -2.43. The van der Waals surface area contributed by atoms with Gasteiger partial charge < -0.3 is 13.9 Å². The van der Waals surface area contributed by atoms with E-state index >= 15 is 0 Å². The summed E-state index contributed by atoms with van der Waals surface area (Å²) in [5, 5.41) is 0.198. The zero-order valence-corrected chi connectivity index (χ0v) is 13.5. The molecule has 3 nitrogen and oxygen atoms in total. The van der Waals surface area contributed by atoms with E-state index in [-0.39, 0.29) is 11.3 Å². The summed E-state index contributed by atoms with van der Waals surface area (Å²) in [6.45, 7) is 12.6. The molecule has 0 unspecified atom stereocenters. The Kier molecular flexibility index (Phi) is 4.04. The first kappa shape index (κ1) is 14.6. The summed E-state index contributed by atoms with van der Waals surface area (Å²) < 4.78 is 17.3. The van der Waals surface area contributed by atoms with Crippen LogP contribution in [0, 0.1) is 0 Å². The lowest BCUT2D eigenvalue weighted by Gasteiger charge is -2.36. The minimum atomic E-state index is -1.79. The van der Waals surface area contributed by atoms with Gasteiger partial charge in [0.25, 0.3) is 0 Å². The first-order valence-electron chi connectivity index (χ1n) is 6.82. The Morgan fingerprint density at radius 2 is 1.79 bits per heavy atom. The van der Waals surface area contributed by atoms with Crippen LogP contribution in [0.25, 0.3) is 0 Å². The summed E-state index contributed by atoms with van der Waals surface area (Å²) in [4.78, 5) is 0. The number of rotatable bonds is 3. The van der Waals surface area contributed by atoms with Crippen LogP contribution in [-0.2, 0) is 9.47 Å². The minimum Gasteiger partial charge on any atom is -0.543 e. The third-order valence-electron chi connectivity index (χ3n) is 3.93. The molecule has 19 heavy (non-hydrogen) atoms. The molecule has 0 saturated carbocycles. The highest BCUT2D eigenvalue weighted by molar-refractivity contribution is 6.74. The van der Waals surface area contributed by atoms with E-state index in [2.05, 4.69) is 33.9 Å². The van der Waals surface area contributed by atoms with Crippen molar-refractivity contribution in [2.24, 2.45) is 0 Å². The van der Waals surface area contributed by atoms with Crippen molar-refractivity contribution in [2.45, 2.75) is 45.2 Å². The number of hydrogen-bond acceptors (Lipinski definition) is 3. The Morgan fingerprint density at radius 3 is 2.37 bits per heavy atom. The molecule has 1 aliphatic heterocycles. The van der Waals surface area contributed by atoms with E-state index in [0.717, 1.165) is 11.3 Å². The van der Waals surface area contributed by atoms with E-state index in [1.54, 1.807) is 0 Å². The van der Waals surface area contributed by atoms with E-state index in [1.165, 1.54) is 0 Å². The van der Waals surface area contributed by atoms with E-state index in [1.807, 2.05) is 24.3 Å². The maximum absolute atomic E-state index is 6.29. The van der Waals surface area contributed by atoms with Crippen LogP contribution in [0.2, 0.25) is 18.1 Å². The van der Waals surface area contributed by atoms with Gasteiger partial charge in [0.05, 0.1) is 13.2 Å². The van der Waals surface area contributed by atoms with Gasteiger partial charge in [0, 0.05) is 5.56 Å². The summed E-state index contributed by atoms with van der Waals surface area (Å²) in [5.74, 6) is 0.920. The largest absolute Gasteiger partial charge is 0.543 e. The third kappa shape index (κ3) is 3.38. The molecule has 1 aliphatic rings. The zero-order valence-electron chi connectivity index (χ0n) is 12.5. The molecule has 0 amide bonds. The quantitative estimate of drug-likeness (QED) is 0.780. The van der Waals surface area contributed by atoms with Crippen LogP contribution in [-0.4, -0.2) is 21.5 Å². The molecule has 1 heterocycles. The van der Waals surface area contributed by atoms with Gasteiger partial charge in [-0.25, -0.2) is 0 Å². The smallest absolute Gasteiger partial charge is 0.250 e. The van der Waals surface area contributed by atoms with Gasteiger partial charge >= 0.3 is 0 Å². The van der Waals surface area contributed by atoms with Gasteiger partial charge in [-0.15, -0.1) is 0 Å². The molecule has 4 heteroatoms. The standard InChI is InChI=1S/C15H24O3Si/c1-15(2,3)19(4,5)18-13-8-6-7-12(11-13)14-16-9-10-17-14/h6-8,11,14H,9-10H2,1-5H3. The van der Waals surface area contributed by atoms with Crippen LogP contribution in [0.5, 0.6) is 5.75 Å². The third-order valence-corrected chi connectivity index (χ3v) is 8.29. The van der Waals surface area contributed by atoms with Crippen LogP contribution in [0.15, 0.2) is 24.3 Å². The topological polar surface area (TPSA) is 27.7 Å². The van der Waals surface area contributed by atoms with E-state index in [4.69, 9.17) is 13.9 Å². The number of benzene rings is 1. The van der Waals surface area contributed by atoms with Crippen LogP contribution < -0.4 is 4.43 Å². The monoisotopic (exact) mass is 280 g/mol. The molecular formula is C15H24O3Si. The fraction of sp³-hybridized carbons (Fsp3) is 0.600. The Hall–Kier alpha value is -0.843. The summed E-state index contributed by atoms with van der Waals surface area (Å²) >= 11 is 0. The Morgan fingerprint density at radius 1 is 1.16 bits per heavy atom. The molecule has 0 spiro atoms. The van der Waals surface area contributed by atoms with Crippen molar-refractivity contribution in [3.63, 3.8) is 0 Å². The highest BCUT2D eigenvalue weighted by Gasteiger charge is 2.39. The number of hydrogen-bond donors (Lipinski definition) is 0. The van der Waals surface area contributed by atoms with Crippen molar-refractivity contribution in [1.29, 1.82) is 0 Å². The first-order chi connectivity index (χ1) is 8.79. The summed E-state index contributed by atoms with van der Waals surface area (Å²) in [6, 6.07) is 8.08. The Labute approximate surface area is 117 Å². The number of ether oxygens (including phenoxy) is 2. The van der Waals surface area contributed by atoms with Crippen LogP contribution in [0.1, 0.15) is 32.6 Å². The second kappa shape index (κ2) is 5.27. The van der Waals surface area contributed by atoms with Crippen molar-refractivity contribution in [1.82, 2.24) is 0 Å². The molecule has 0 aromatic heterocycles. The SMILES string of the molecule is CC(C)(C)[Si](C)(C)Oc1cccc(C2OCCO2)c1. The minimum absolute atomic E-state index is 0.198. The summed E-state index contributed by atoms with van der Waals surface area (Å²) in [6.07, 6.45) is -0.233. The van der Waals surface area contributed by atoms with Crippen LogP contribution >= 0.6 is 0 Å². The van der Waals surface area contributed by atoms with Crippen molar-refractivity contribution in [2.75, 3.05) is 13.2 Å². The van der Waals surface area contributed by atoms with Crippen molar-refractivity contribution < 1.29 is 13.9 Å². The lowest BCUT2D eigenvalue weighted by atomic mass is 10.2. The van der Waals surface area contributed by atoms with Gasteiger partial charge in [-0.05, 0) is 30.3 Å². The summed E-state index contributed by atoms with van der Waals surface area (Å²) in [7, 11) is -1.79. The lowest BCUT2D eigenvalue weighted by molar-refractivity contribution is -0.0441. The van der Waals surface area contributed by atoms with E-state index < -0.39 is 8.32 Å². The highest BCUT2D eigenvalue weighted by atomic mass is 28.4. The summed E-state index contributed by atoms with van der Waals surface area (Å²) in [5.41, 5.74) is 1.04. The van der Waals surface area contributed by atoms with Crippen molar-refractivity contribution >= 4 is 8.32 Å². The normalized spacial score (nSPS) is 17.7. The average Bonchev–Trinajstić information content (AvgIpc) is 2.80. The Balaban J connectivity index is 2.15. The van der Waals surface area contributed by atoms with Gasteiger partial charge in [0.15, 0.2) is 6.29 Å². The molecule has 0 aliphatic carbocycles. The first-order valence-corrected chi connectivity index (χ1v) is 9.73. The fourth-order valence-corrected chi connectivity index (χ4v) is 2.75. The molecule has 0 atom stereocenters. The molecule has 0 N–H and O–H groups in total. The van der Waals surface area contributed by atoms with E-state index in [0.29, 0.717) is 13.2 Å². The van der Waals surface area contributed by atoms with Gasteiger partial charge in [-0.2, -0.15) is 0 Å². The molecular weight excluding hydrogens is 256 g/mol. The zero-order chi connectivity index (χ0) is 14.1. The molecule has 1 saturated heterocycles. The van der Waals surface area contributed by atoms with Gasteiger partial charge in [0.1, 0.15) is 5.75 Å². The second-order valence-corrected chi connectivity index (χ2v) is 11.2. The second-order valence-electron chi connectivity index (χ2n) is 6.51. The molecule has 2 rings (SSSR count). The maximum atomic E-state index is 6.29. The fourth-order valence-electron chi connectivity index (χ4n) is 1.72. The predicted molar refractivity (Wildman–Crippen MR) is 78.9 cm³/mol. The van der Waals surface area contributed by atoms with Gasteiger partial charge in [-0.3, -0.25) is 0 Å². The van der Waals surface area contributed by atoms with Crippen molar-refractivity contribution in [3.05, 3.63) is 29.8 Å². The highest BCUT2D eigenvalue weighted by Crippen LogP contribution is 2.38. The molecule has 1 aromatic rings. The average molecular weight is 280 g/mol. The molecule has 0 bridgehead atoms. The Bertz CT molecular complexity index is 431. The van der Waals surface area contributed by atoms with Crippen molar-refractivity contribution in [3.8, 4) is 5.75 Å². The maximum Gasteiger partial charge on any atom is 0.250 e. The predicted octanol–water partition coefficient (Wildman–Crippen LogP) is 4.12. The van der Waals surface area contributed by atoms with Crippen LogP contribution in [0.3, 0.4) is 0 Å². The molecule has 0 radical (unpaired) electrons. The molecule has 1 aromatic carbocycles. The van der Waals surface area contributed by atoms with Gasteiger partial charge in [-0.1, -0.05) is 32.9 Å². The van der Waals surface area contributed by atoms with E-state index in [9.17, 15) is 0 Å².